The summed E-state index contributed by atoms with van der Waals surface area (Å²) < 4.78 is 2.21. The number of aromatic nitrogens is 4. The lowest BCUT2D eigenvalue weighted by Gasteiger charge is -2.32. The van der Waals surface area contributed by atoms with Crippen LogP contribution in [-0.4, -0.2) is 43.2 Å². The Balaban J connectivity index is 1.62. The minimum atomic E-state index is 0.00911. The van der Waals surface area contributed by atoms with Gasteiger partial charge in [-0.1, -0.05) is 0 Å². The fourth-order valence-corrected chi connectivity index (χ4v) is 4.60. The molecule has 4 heterocycles. The number of imidazole rings is 1. The maximum atomic E-state index is 12.7. The molecule has 0 aliphatic carbocycles. The molecule has 0 unspecified atom stereocenters. The van der Waals surface area contributed by atoms with E-state index in [1.165, 1.54) is 16.9 Å². The van der Waals surface area contributed by atoms with Crippen LogP contribution >= 0.6 is 11.3 Å². The molecule has 1 atom stereocenters. The quantitative estimate of drug-likeness (QED) is 0.719. The Labute approximate surface area is 144 Å². The van der Waals surface area contributed by atoms with Crippen molar-refractivity contribution in [3.05, 3.63) is 46.9 Å². The van der Waals surface area contributed by atoms with Gasteiger partial charge in [0.1, 0.15) is 17.0 Å². The smallest absolute Gasteiger partial charge is 0.257 e. The molecule has 7 heteroatoms. The number of nitrogens with zero attached hydrogens (tertiary/aromatic N) is 5. The number of fused-ring (bicyclic) bond motifs is 1. The molecule has 0 radical (unpaired) electrons. The second-order valence-corrected chi connectivity index (χ2v) is 7.14. The van der Waals surface area contributed by atoms with Crippen molar-refractivity contribution in [2.45, 2.75) is 32.6 Å². The monoisotopic (exact) mass is 341 g/mol. The van der Waals surface area contributed by atoms with Crippen LogP contribution in [0.1, 0.15) is 46.3 Å². The summed E-state index contributed by atoms with van der Waals surface area (Å²) in [6.45, 7) is 5.64. The van der Waals surface area contributed by atoms with Gasteiger partial charge in [-0.05, 0) is 26.7 Å². The summed E-state index contributed by atoms with van der Waals surface area (Å²) in [6, 6.07) is 0. The first-order valence-electron chi connectivity index (χ1n) is 8.12. The van der Waals surface area contributed by atoms with Gasteiger partial charge in [0.05, 0.1) is 11.3 Å². The molecule has 0 N–H and O–H groups in total. The van der Waals surface area contributed by atoms with Crippen LogP contribution in [0.25, 0.3) is 4.83 Å². The molecule has 3 aromatic heterocycles. The summed E-state index contributed by atoms with van der Waals surface area (Å²) in [5.74, 6) is 1.32. The van der Waals surface area contributed by atoms with E-state index in [-0.39, 0.29) is 11.8 Å². The number of aryl methyl sites for hydroxylation is 2. The van der Waals surface area contributed by atoms with Gasteiger partial charge < -0.3 is 4.90 Å². The normalized spacial score (nSPS) is 18.2. The van der Waals surface area contributed by atoms with E-state index < -0.39 is 0 Å². The largest absolute Gasteiger partial charge is 0.338 e. The average molecular weight is 341 g/mol. The van der Waals surface area contributed by atoms with Crippen molar-refractivity contribution < 1.29 is 4.79 Å². The zero-order chi connectivity index (χ0) is 16.7. The Hall–Kier alpha value is -2.28. The highest BCUT2D eigenvalue weighted by atomic mass is 32.1. The van der Waals surface area contributed by atoms with Gasteiger partial charge in [0, 0.05) is 42.5 Å². The summed E-state index contributed by atoms with van der Waals surface area (Å²) in [5.41, 5.74) is 2.90. The van der Waals surface area contributed by atoms with Gasteiger partial charge in [0.25, 0.3) is 5.91 Å². The predicted molar refractivity (Wildman–Crippen MR) is 92.5 cm³/mol. The third kappa shape index (κ3) is 2.49. The van der Waals surface area contributed by atoms with Crippen LogP contribution in [0, 0.1) is 13.8 Å². The molecular weight excluding hydrogens is 322 g/mol. The topological polar surface area (TPSA) is 63.4 Å². The van der Waals surface area contributed by atoms with Crippen LogP contribution in [0.15, 0.2) is 24.1 Å². The number of hydrogen-bond acceptors (Lipinski definition) is 5. The van der Waals surface area contributed by atoms with Crippen LogP contribution in [0.5, 0.6) is 0 Å². The van der Waals surface area contributed by atoms with Crippen LogP contribution in [0.2, 0.25) is 0 Å². The Morgan fingerprint density at radius 3 is 2.88 bits per heavy atom. The summed E-state index contributed by atoms with van der Waals surface area (Å²) in [7, 11) is 0. The molecule has 0 saturated carbocycles. The molecule has 1 aliphatic heterocycles. The molecule has 0 aromatic carbocycles. The Morgan fingerprint density at radius 2 is 2.08 bits per heavy atom. The molecule has 24 heavy (non-hydrogen) atoms. The Bertz CT molecular complexity index is 885. The fraction of sp³-hybridized carbons (Fsp3) is 0.412. The maximum Gasteiger partial charge on any atom is 0.257 e. The van der Waals surface area contributed by atoms with E-state index in [1.54, 1.807) is 23.7 Å². The molecule has 3 aromatic rings. The molecule has 1 amide bonds. The van der Waals surface area contributed by atoms with Gasteiger partial charge in [-0.3, -0.25) is 9.20 Å². The number of amides is 1. The van der Waals surface area contributed by atoms with Gasteiger partial charge in [-0.25, -0.2) is 15.0 Å². The predicted octanol–water partition coefficient (Wildman–Crippen LogP) is 2.82. The van der Waals surface area contributed by atoms with Crippen molar-refractivity contribution in [2.24, 2.45) is 0 Å². The number of hydrogen-bond donors (Lipinski definition) is 0. The first-order valence-corrected chi connectivity index (χ1v) is 9.00. The lowest BCUT2D eigenvalue weighted by atomic mass is 9.95. The molecule has 4 rings (SSSR count). The Morgan fingerprint density at radius 1 is 1.29 bits per heavy atom. The minimum Gasteiger partial charge on any atom is -0.338 e. The second-order valence-electron chi connectivity index (χ2n) is 6.28. The van der Waals surface area contributed by atoms with Crippen molar-refractivity contribution in [1.82, 2.24) is 24.3 Å². The van der Waals surface area contributed by atoms with Crippen molar-refractivity contribution in [3.8, 4) is 0 Å². The zero-order valence-corrected chi connectivity index (χ0v) is 14.6. The number of piperidine rings is 1. The minimum absolute atomic E-state index is 0.00911. The van der Waals surface area contributed by atoms with E-state index in [0.717, 1.165) is 30.9 Å². The van der Waals surface area contributed by atoms with Gasteiger partial charge in [-0.2, -0.15) is 0 Å². The highest BCUT2D eigenvalue weighted by Crippen LogP contribution is 2.33. The van der Waals surface area contributed by atoms with Gasteiger partial charge in [0.2, 0.25) is 0 Å². The summed E-state index contributed by atoms with van der Waals surface area (Å²) in [4.78, 5) is 28.5. The maximum absolute atomic E-state index is 12.7. The van der Waals surface area contributed by atoms with E-state index in [4.69, 9.17) is 4.98 Å². The summed E-state index contributed by atoms with van der Waals surface area (Å²) in [6.07, 6.45) is 6.67. The number of carbonyl (C=O) groups excluding carboxylic acids is 1. The van der Waals surface area contributed by atoms with E-state index in [1.807, 2.05) is 11.8 Å². The standard InChI is InChI=1S/C17H19N5OS/c1-11-9-24-17-15(20-12(2)22(11)17)13-4-3-5-21(8-13)16(23)14-6-18-10-19-7-14/h6-7,9-10,13H,3-5,8H2,1-2H3/t13-/m1/s1. The third-order valence-corrected chi connectivity index (χ3v) is 5.70. The van der Waals surface area contributed by atoms with Crippen LogP contribution in [-0.2, 0) is 0 Å². The van der Waals surface area contributed by atoms with Crippen molar-refractivity contribution in [1.29, 1.82) is 0 Å². The first kappa shape index (κ1) is 15.3. The van der Waals surface area contributed by atoms with Crippen molar-refractivity contribution in [2.75, 3.05) is 13.1 Å². The molecule has 6 nitrogen and oxygen atoms in total. The zero-order valence-electron chi connectivity index (χ0n) is 13.8. The number of likely N-dealkylation sites (tertiary alicyclic amines) is 1. The van der Waals surface area contributed by atoms with Gasteiger partial charge >= 0.3 is 0 Å². The van der Waals surface area contributed by atoms with E-state index >= 15 is 0 Å². The van der Waals surface area contributed by atoms with E-state index in [2.05, 4.69) is 26.7 Å². The highest BCUT2D eigenvalue weighted by molar-refractivity contribution is 7.15. The molecule has 124 valence electrons. The SMILES string of the molecule is Cc1csc2c([C@@H]3CCCN(C(=O)c4cncnc4)C3)nc(C)n12. The number of rotatable bonds is 2. The molecule has 1 saturated heterocycles. The van der Waals surface area contributed by atoms with E-state index in [9.17, 15) is 4.79 Å². The molecule has 1 fully saturated rings. The fourth-order valence-electron chi connectivity index (χ4n) is 3.50. The second kappa shape index (κ2) is 5.98. The molecule has 1 aliphatic rings. The molecule has 0 spiro atoms. The highest BCUT2D eigenvalue weighted by Gasteiger charge is 2.29. The molecular formula is C17H19N5OS. The summed E-state index contributed by atoms with van der Waals surface area (Å²) >= 11 is 1.74. The van der Waals surface area contributed by atoms with Gasteiger partial charge in [-0.15, -0.1) is 11.3 Å². The van der Waals surface area contributed by atoms with E-state index in [0.29, 0.717) is 12.1 Å². The number of carbonyl (C=O) groups is 1. The van der Waals surface area contributed by atoms with Crippen molar-refractivity contribution >= 4 is 22.1 Å². The first-order chi connectivity index (χ1) is 11.6. The Kier molecular flexibility index (Phi) is 3.80. The van der Waals surface area contributed by atoms with Gasteiger partial charge in [0.15, 0.2) is 0 Å². The average Bonchev–Trinajstić information content (AvgIpc) is 3.16. The lowest BCUT2D eigenvalue weighted by molar-refractivity contribution is 0.0705. The lowest BCUT2D eigenvalue weighted by Crippen LogP contribution is -2.39. The molecule has 0 bridgehead atoms. The van der Waals surface area contributed by atoms with Crippen LogP contribution in [0.4, 0.5) is 0 Å². The van der Waals surface area contributed by atoms with Crippen LogP contribution in [0.3, 0.4) is 0 Å². The van der Waals surface area contributed by atoms with Crippen LogP contribution < -0.4 is 0 Å². The number of thiazole rings is 1. The third-order valence-electron chi connectivity index (χ3n) is 4.62. The summed E-state index contributed by atoms with van der Waals surface area (Å²) in [5, 5.41) is 2.17. The van der Waals surface area contributed by atoms with Crippen molar-refractivity contribution in [3.63, 3.8) is 0 Å².